The molecule has 20 heteroatoms. The molecule has 0 saturated carbocycles. The molecule has 5 unspecified atom stereocenters. The van der Waals surface area contributed by atoms with Gasteiger partial charge in [-0.25, -0.2) is 8.97 Å². The van der Waals surface area contributed by atoms with E-state index >= 15 is 0 Å². The number of aliphatic carboxylic acids is 1. The van der Waals surface area contributed by atoms with Crippen LogP contribution in [0.1, 0.15) is 51.5 Å². The number of imidazole rings is 1. The van der Waals surface area contributed by atoms with E-state index in [2.05, 4.69) is 36.1 Å². The number of aromatic nitrogens is 3. The summed E-state index contributed by atoms with van der Waals surface area (Å²) in [5.41, 5.74) is 8.67. The number of nitrogens with zero attached hydrogens (tertiary/aromatic N) is 3. The summed E-state index contributed by atoms with van der Waals surface area (Å²) in [6.45, 7) is 3.97. The van der Waals surface area contributed by atoms with Crippen LogP contribution in [0.3, 0.4) is 0 Å². The lowest BCUT2D eigenvalue weighted by molar-refractivity contribution is -0.671. The van der Waals surface area contributed by atoms with Crippen molar-refractivity contribution in [2.75, 3.05) is 31.1 Å². The molecular formula is C41H55N10O8S2+. The number of amides is 6. The molecule has 18 nitrogen and oxygen atoms in total. The zero-order valence-corrected chi connectivity index (χ0v) is 35.9. The Labute approximate surface area is 361 Å². The molecule has 0 radical (unpaired) electrons. The van der Waals surface area contributed by atoms with Crippen molar-refractivity contribution in [3.63, 3.8) is 0 Å². The summed E-state index contributed by atoms with van der Waals surface area (Å²) in [6, 6.07) is 8.74. The maximum atomic E-state index is 13.7. The molecule has 1 aromatic carbocycles. The fraction of sp³-hybridized carbons (Fsp3) is 0.463. The Morgan fingerprint density at radius 1 is 0.885 bits per heavy atom. The van der Waals surface area contributed by atoms with Gasteiger partial charge in [0, 0.05) is 60.2 Å². The topological polar surface area (TPSA) is 253 Å². The van der Waals surface area contributed by atoms with Gasteiger partial charge in [-0.1, -0.05) is 45.9 Å². The normalized spacial score (nSPS) is 22.5. The molecule has 1 aliphatic rings. The minimum atomic E-state index is -1.49. The minimum Gasteiger partial charge on any atom is -0.481 e. The summed E-state index contributed by atoms with van der Waals surface area (Å²) in [6.07, 6.45) is 9.10. The molecule has 1 fully saturated rings. The van der Waals surface area contributed by atoms with Gasteiger partial charge in [0.15, 0.2) is 0 Å². The number of unbranched alkanes of at least 4 members (excludes halogenated alkanes) is 1. The second kappa shape index (κ2) is 22.8. The van der Waals surface area contributed by atoms with Gasteiger partial charge in [-0.15, -0.1) is 0 Å². The first kappa shape index (κ1) is 46.5. The van der Waals surface area contributed by atoms with Crippen LogP contribution in [0.15, 0.2) is 67.3 Å². The van der Waals surface area contributed by atoms with Gasteiger partial charge in [0.1, 0.15) is 30.5 Å². The van der Waals surface area contributed by atoms with E-state index in [9.17, 15) is 38.7 Å². The predicted octanol–water partition coefficient (Wildman–Crippen LogP) is 0.632. The summed E-state index contributed by atoms with van der Waals surface area (Å²) in [5.74, 6) is -4.67. The number of carbonyl (C=O) groups excluding carboxylic acids is 6. The molecular weight excluding hydrogens is 825 g/mol. The molecule has 5 rings (SSSR count). The van der Waals surface area contributed by atoms with Crippen LogP contribution < -0.4 is 36.9 Å². The average molecular weight is 880 g/mol. The van der Waals surface area contributed by atoms with Gasteiger partial charge in [0.25, 0.3) is 5.65 Å². The second-order valence-corrected chi connectivity index (χ2v) is 17.6. The Morgan fingerprint density at radius 3 is 2.44 bits per heavy atom. The van der Waals surface area contributed by atoms with Gasteiger partial charge in [-0.05, 0) is 57.2 Å². The van der Waals surface area contributed by atoms with Crippen molar-refractivity contribution in [3.05, 3.63) is 72.8 Å². The van der Waals surface area contributed by atoms with Crippen molar-refractivity contribution in [1.29, 1.82) is 0 Å². The zero-order valence-electron chi connectivity index (χ0n) is 34.3. The monoisotopic (exact) mass is 879 g/mol. The maximum Gasteiger partial charge on any atom is 0.305 e. The molecule has 0 aliphatic carbocycles. The fourth-order valence-corrected chi connectivity index (χ4v) is 9.24. The number of carboxylic acid groups (broad SMARTS) is 1. The Morgan fingerprint density at radius 2 is 1.66 bits per heavy atom. The van der Waals surface area contributed by atoms with Gasteiger partial charge < -0.3 is 42.4 Å². The highest BCUT2D eigenvalue weighted by Gasteiger charge is 2.30. The number of hydrogen-bond donors (Lipinski definition) is 8. The maximum absolute atomic E-state index is 13.7. The van der Waals surface area contributed by atoms with Crippen LogP contribution in [-0.2, 0) is 46.5 Å². The van der Waals surface area contributed by atoms with Crippen molar-refractivity contribution < 1.29 is 43.2 Å². The van der Waals surface area contributed by atoms with E-state index in [0.717, 1.165) is 22.1 Å². The Balaban J connectivity index is 1.29. The number of nitrogens with one attached hydrogen (secondary N) is 6. The van der Waals surface area contributed by atoms with E-state index in [4.69, 9.17) is 5.73 Å². The van der Waals surface area contributed by atoms with Gasteiger partial charge >= 0.3 is 5.97 Å². The molecule has 4 aromatic rings. The summed E-state index contributed by atoms with van der Waals surface area (Å²) in [5, 5.41) is 23.9. The van der Waals surface area contributed by atoms with Gasteiger partial charge in [-0.3, -0.25) is 38.5 Å². The van der Waals surface area contributed by atoms with E-state index in [1.807, 2.05) is 76.6 Å². The highest BCUT2D eigenvalue weighted by Crippen LogP contribution is 2.23. The highest BCUT2D eigenvalue weighted by molar-refractivity contribution is 8.76. The number of nitrogens with two attached hydrogens (primary N) is 1. The number of rotatable bonds is 11. The second-order valence-electron chi connectivity index (χ2n) is 15.0. The Bertz CT molecular complexity index is 2180. The molecule has 0 bridgehead atoms. The van der Waals surface area contributed by atoms with Gasteiger partial charge in [0.05, 0.1) is 31.7 Å². The van der Waals surface area contributed by atoms with Crippen LogP contribution >= 0.6 is 21.6 Å². The molecule has 0 spiro atoms. The number of carboxylic acids is 1. The first-order chi connectivity index (χ1) is 29.3. The number of hydrogen-bond acceptors (Lipinski definition) is 10. The summed E-state index contributed by atoms with van der Waals surface area (Å²) >= 11 is 0. The van der Waals surface area contributed by atoms with Crippen LogP contribution in [0.2, 0.25) is 0 Å². The molecule has 5 atom stereocenters. The Hall–Kier alpha value is -5.60. The van der Waals surface area contributed by atoms with Crippen LogP contribution in [0.5, 0.6) is 0 Å². The molecule has 1 aliphatic heterocycles. The van der Waals surface area contributed by atoms with E-state index < -0.39 is 84.6 Å². The van der Waals surface area contributed by atoms with Crippen LogP contribution in [0.4, 0.5) is 0 Å². The number of primary amides is 1. The quantitative estimate of drug-likeness (QED) is 0.0590. The standard InChI is InChI=1S/C41H54N10O8S2/c1-26-24-51(17-13-28-22-43-30-10-4-3-9-29(28)30)27(2)39(57)48-33(38(42)56)25-61-60-20-14-34(52)46-31(11-5-7-15-49-18-19-50-16-8-6-12-36(49)50)40(58)44-23-35(53)47-32(21-37(54)55)41(59)45-26/h3-4,6,8-10,12,16,18-19,22,26-27,31-33,43H,5,7,11,13-15,17,20-21,23-25H2,1-2H3,(H7-,42,44,45,46,47,48,52,53,54,55,56,57,58,59)/p+1. The largest absolute Gasteiger partial charge is 0.481 e. The third-order valence-corrected chi connectivity index (χ3v) is 12.8. The number of aryl methyl sites for hydroxylation is 1. The first-order valence-corrected chi connectivity index (χ1v) is 22.7. The summed E-state index contributed by atoms with van der Waals surface area (Å²) < 4.78 is 4.07. The van der Waals surface area contributed by atoms with E-state index in [0.29, 0.717) is 38.1 Å². The first-order valence-electron chi connectivity index (χ1n) is 20.3. The van der Waals surface area contributed by atoms with Crippen LogP contribution in [0, 0.1) is 0 Å². The fourth-order valence-electron chi connectivity index (χ4n) is 7.07. The third-order valence-electron chi connectivity index (χ3n) is 10.4. The highest BCUT2D eigenvalue weighted by atomic mass is 33.1. The lowest BCUT2D eigenvalue weighted by atomic mass is 10.1. The van der Waals surface area contributed by atoms with Crippen LogP contribution in [0.25, 0.3) is 16.6 Å². The molecule has 3 aromatic heterocycles. The summed E-state index contributed by atoms with van der Waals surface area (Å²) in [4.78, 5) is 96.3. The zero-order chi connectivity index (χ0) is 43.9. The van der Waals surface area contributed by atoms with E-state index in [1.54, 1.807) is 13.8 Å². The van der Waals surface area contributed by atoms with Gasteiger partial charge in [0.2, 0.25) is 35.4 Å². The third kappa shape index (κ3) is 14.0. The number of carbonyl (C=O) groups is 7. The number of benzene rings is 1. The number of aromatic amines is 1. The lowest BCUT2D eigenvalue weighted by Gasteiger charge is -2.32. The summed E-state index contributed by atoms with van der Waals surface area (Å²) in [7, 11) is 2.59. The Kier molecular flexibility index (Phi) is 17.4. The van der Waals surface area contributed by atoms with Crippen molar-refractivity contribution in [3.8, 4) is 0 Å². The molecule has 6 amide bonds. The molecule has 4 heterocycles. The molecule has 328 valence electrons. The average Bonchev–Trinajstić information content (AvgIpc) is 3.84. The van der Waals surface area contributed by atoms with Crippen molar-refractivity contribution in [1.82, 2.24) is 40.9 Å². The number of H-pyrrole nitrogens is 1. The molecule has 9 N–H and O–H groups in total. The van der Waals surface area contributed by atoms with E-state index in [-0.39, 0.29) is 25.1 Å². The van der Waals surface area contributed by atoms with Gasteiger partial charge in [-0.2, -0.15) is 0 Å². The van der Waals surface area contributed by atoms with Crippen molar-refractivity contribution in [2.24, 2.45) is 5.73 Å². The smallest absolute Gasteiger partial charge is 0.305 e. The molecule has 1 saturated heterocycles. The predicted molar refractivity (Wildman–Crippen MR) is 232 cm³/mol. The van der Waals surface area contributed by atoms with Crippen molar-refractivity contribution in [2.45, 2.75) is 89.1 Å². The lowest BCUT2D eigenvalue weighted by Crippen LogP contribution is -2.57. The number of para-hydroxylation sites is 1. The molecule has 61 heavy (non-hydrogen) atoms. The minimum absolute atomic E-state index is 0.0364. The SMILES string of the molecule is CC1CN(CCc2c[nH]c3ccccc23)C(C)C(=O)NC(C(N)=O)CSSCCC(=O)NC(CCCC[n+]2ccn3ccccc32)C(=O)NCC(=O)NC(CC(=O)O)C(=O)N1. The van der Waals surface area contributed by atoms with Crippen LogP contribution in [-0.4, -0.2) is 122 Å². The van der Waals surface area contributed by atoms with Crippen molar-refractivity contribution >= 4 is 79.6 Å². The number of fused-ring (bicyclic) bond motifs is 2. The van der Waals surface area contributed by atoms with E-state index in [1.165, 1.54) is 21.6 Å². The number of pyridine rings is 1.